The molecule has 0 saturated heterocycles. The smallest absolute Gasteiger partial charge is 0.265 e. The third-order valence-corrected chi connectivity index (χ3v) is 3.16. The van der Waals surface area contributed by atoms with Gasteiger partial charge in [0.25, 0.3) is 5.56 Å². The fourth-order valence-corrected chi connectivity index (χ4v) is 2.11. The molecule has 6 heteroatoms. The second kappa shape index (κ2) is 4.89. The van der Waals surface area contributed by atoms with Crippen molar-refractivity contribution in [3.8, 4) is 11.3 Å². The van der Waals surface area contributed by atoms with E-state index in [1.54, 1.807) is 36.0 Å². The summed E-state index contributed by atoms with van der Waals surface area (Å²) in [7, 11) is 1.76. The van der Waals surface area contributed by atoms with E-state index in [9.17, 15) is 4.79 Å². The quantitative estimate of drug-likeness (QED) is 0.783. The van der Waals surface area contributed by atoms with Crippen LogP contribution in [0.3, 0.4) is 0 Å². The minimum Gasteiger partial charge on any atom is -0.265 e. The molecule has 0 bridgehead atoms. The molecule has 4 nitrogen and oxygen atoms in total. The summed E-state index contributed by atoms with van der Waals surface area (Å²) in [4.78, 5) is 15.8. The molecule has 1 aromatic heterocycles. The average molecular weight is 268 g/mol. The van der Waals surface area contributed by atoms with Gasteiger partial charge in [-0.25, -0.2) is 4.68 Å². The Balaban J connectivity index is 2.61. The van der Waals surface area contributed by atoms with Crippen molar-refractivity contribution in [2.75, 3.05) is 6.26 Å². The van der Waals surface area contributed by atoms with Gasteiger partial charge in [-0.3, -0.25) is 4.79 Å². The number of aryl methyl sites for hydroxylation is 1. The van der Waals surface area contributed by atoms with E-state index in [1.807, 2.05) is 6.26 Å². The van der Waals surface area contributed by atoms with Gasteiger partial charge in [0.15, 0.2) is 10.9 Å². The van der Waals surface area contributed by atoms with Crippen molar-refractivity contribution < 1.29 is 0 Å². The number of halogens is 1. The molecule has 0 unspecified atom stereocenters. The number of hydrogen-bond acceptors (Lipinski definition) is 4. The number of benzene rings is 1. The molecular weight excluding hydrogens is 258 g/mol. The first-order valence-electron chi connectivity index (χ1n) is 4.87. The van der Waals surface area contributed by atoms with Crippen LogP contribution in [0.1, 0.15) is 0 Å². The highest BCUT2D eigenvalue weighted by Crippen LogP contribution is 2.18. The highest BCUT2D eigenvalue weighted by molar-refractivity contribution is 7.98. The molecule has 0 saturated carbocycles. The predicted molar refractivity (Wildman–Crippen MR) is 69.5 cm³/mol. The van der Waals surface area contributed by atoms with Crippen molar-refractivity contribution in [2.24, 2.45) is 7.05 Å². The number of rotatable bonds is 2. The fourth-order valence-electron chi connectivity index (χ4n) is 1.44. The number of nitrogens with zero attached hydrogens (tertiary/aromatic N) is 3. The van der Waals surface area contributed by atoms with Crippen molar-refractivity contribution in [1.82, 2.24) is 14.8 Å². The first kappa shape index (κ1) is 12.1. The van der Waals surface area contributed by atoms with Crippen LogP contribution in [0.5, 0.6) is 0 Å². The molecular formula is C11H10ClN3OS. The molecule has 0 atom stereocenters. The maximum atomic E-state index is 11.8. The zero-order chi connectivity index (χ0) is 12.4. The van der Waals surface area contributed by atoms with Crippen LogP contribution in [-0.2, 0) is 7.05 Å². The molecule has 0 spiro atoms. The monoisotopic (exact) mass is 267 g/mol. The summed E-state index contributed by atoms with van der Waals surface area (Å²) < 4.78 is 1.59. The minimum absolute atomic E-state index is 0.313. The van der Waals surface area contributed by atoms with Crippen LogP contribution in [-0.4, -0.2) is 21.0 Å². The van der Waals surface area contributed by atoms with Gasteiger partial charge in [0.1, 0.15) is 0 Å². The molecule has 1 heterocycles. The Morgan fingerprint density at radius 2 is 2.18 bits per heavy atom. The molecule has 0 N–H and O–H groups in total. The lowest BCUT2D eigenvalue weighted by Gasteiger charge is -2.06. The van der Waals surface area contributed by atoms with Crippen LogP contribution in [0.4, 0.5) is 0 Å². The van der Waals surface area contributed by atoms with Gasteiger partial charge >= 0.3 is 0 Å². The Morgan fingerprint density at radius 1 is 1.41 bits per heavy atom. The van der Waals surface area contributed by atoms with Crippen molar-refractivity contribution in [3.05, 3.63) is 39.6 Å². The maximum Gasteiger partial charge on any atom is 0.300 e. The molecule has 0 amide bonds. The number of aromatic nitrogens is 3. The highest BCUT2D eigenvalue weighted by atomic mass is 35.5. The topological polar surface area (TPSA) is 47.8 Å². The van der Waals surface area contributed by atoms with E-state index in [1.165, 1.54) is 11.8 Å². The summed E-state index contributed by atoms with van der Waals surface area (Å²) in [6.45, 7) is 0. The van der Waals surface area contributed by atoms with Gasteiger partial charge < -0.3 is 0 Å². The SMILES string of the molecule is CSc1nc(=O)c(-c2cccc(Cl)c2)nn1C. The number of hydrogen-bond donors (Lipinski definition) is 0. The Labute approximate surface area is 108 Å². The van der Waals surface area contributed by atoms with Crippen LogP contribution in [0.2, 0.25) is 5.02 Å². The third-order valence-electron chi connectivity index (χ3n) is 2.21. The van der Waals surface area contributed by atoms with E-state index in [0.29, 0.717) is 21.4 Å². The predicted octanol–water partition coefficient (Wildman–Crippen LogP) is 2.22. The first-order valence-corrected chi connectivity index (χ1v) is 6.47. The Morgan fingerprint density at radius 3 is 2.82 bits per heavy atom. The summed E-state index contributed by atoms with van der Waals surface area (Å²) in [5, 5.41) is 5.37. The van der Waals surface area contributed by atoms with Gasteiger partial charge in [0.2, 0.25) is 0 Å². The van der Waals surface area contributed by atoms with Crippen LogP contribution in [0.25, 0.3) is 11.3 Å². The normalized spacial score (nSPS) is 10.5. The molecule has 88 valence electrons. The zero-order valence-corrected chi connectivity index (χ0v) is 10.9. The molecule has 1 aromatic carbocycles. The lowest BCUT2D eigenvalue weighted by atomic mass is 10.2. The van der Waals surface area contributed by atoms with Gasteiger partial charge in [-0.2, -0.15) is 10.1 Å². The van der Waals surface area contributed by atoms with Gasteiger partial charge in [0, 0.05) is 17.6 Å². The fraction of sp³-hybridized carbons (Fsp3) is 0.182. The van der Waals surface area contributed by atoms with Crippen LogP contribution >= 0.6 is 23.4 Å². The molecule has 0 aliphatic rings. The van der Waals surface area contributed by atoms with Gasteiger partial charge in [0.05, 0.1) is 0 Å². The number of thioether (sulfide) groups is 1. The van der Waals surface area contributed by atoms with E-state index in [2.05, 4.69) is 10.1 Å². The lowest BCUT2D eigenvalue weighted by molar-refractivity contribution is 0.617. The molecule has 17 heavy (non-hydrogen) atoms. The first-order chi connectivity index (χ1) is 8.11. The lowest BCUT2D eigenvalue weighted by Crippen LogP contribution is -2.18. The summed E-state index contributed by atoms with van der Waals surface area (Å²) in [6.07, 6.45) is 1.85. The van der Waals surface area contributed by atoms with Crippen molar-refractivity contribution >= 4 is 23.4 Å². The molecule has 2 aromatic rings. The molecule has 0 aliphatic heterocycles. The summed E-state index contributed by atoms with van der Waals surface area (Å²) >= 11 is 7.26. The second-order valence-electron chi connectivity index (χ2n) is 3.39. The Kier molecular flexibility index (Phi) is 3.49. The van der Waals surface area contributed by atoms with Gasteiger partial charge in [-0.15, -0.1) is 0 Å². The maximum absolute atomic E-state index is 11.8. The molecule has 0 fully saturated rings. The summed E-state index contributed by atoms with van der Waals surface area (Å²) in [5.74, 6) is 0. The van der Waals surface area contributed by atoms with Crippen LogP contribution in [0, 0.1) is 0 Å². The minimum atomic E-state index is -0.338. The van der Waals surface area contributed by atoms with E-state index < -0.39 is 0 Å². The summed E-state index contributed by atoms with van der Waals surface area (Å²) in [5.41, 5.74) is 0.653. The molecule has 2 rings (SSSR count). The highest BCUT2D eigenvalue weighted by Gasteiger charge is 2.09. The Bertz CT molecular complexity index is 612. The van der Waals surface area contributed by atoms with Crippen molar-refractivity contribution in [2.45, 2.75) is 5.16 Å². The van der Waals surface area contributed by atoms with Crippen LogP contribution in [0.15, 0.2) is 34.2 Å². The second-order valence-corrected chi connectivity index (χ2v) is 4.60. The van der Waals surface area contributed by atoms with E-state index in [0.717, 1.165) is 0 Å². The van der Waals surface area contributed by atoms with E-state index in [4.69, 9.17) is 11.6 Å². The van der Waals surface area contributed by atoms with Gasteiger partial charge in [-0.1, -0.05) is 35.5 Å². The van der Waals surface area contributed by atoms with E-state index in [-0.39, 0.29) is 5.56 Å². The van der Waals surface area contributed by atoms with Gasteiger partial charge in [-0.05, 0) is 18.4 Å². The zero-order valence-electron chi connectivity index (χ0n) is 9.35. The van der Waals surface area contributed by atoms with E-state index >= 15 is 0 Å². The van der Waals surface area contributed by atoms with Crippen LogP contribution < -0.4 is 5.56 Å². The largest absolute Gasteiger partial charge is 0.300 e. The summed E-state index contributed by atoms with van der Waals surface area (Å²) in [6, 6.07) is 7.02. The third kappa shape index (κ3) is 2.50. The van der Waals surface area contributed by atoms with Crippen molar-refractivity contribution in [1.29, 1.82) is 0 Å². The molecule has 0 radical (unpaired) electrons. The average Bonchev–Trinajstić information content (AvgIpc) is 2.31. The Hall–Kier alpha value is -1.33. The standard InChI is InChI=1S/C11H10ClN3OS/c1-15-11(17-2)13-10(16)9(14-15)7-4-3-5-8(12)6-7/h3-6H,1-2H3. The van der Waals surface area contributed by atoms with Crippen molar-refractivity contribution in [3.63, 3.8) is 0 Å². The molecule has 0 aliphatic carbocycles.